The summed E-state index contributed by atoms with van der Waals surface area (Å²) in [5, 5.41) is 2.76. The second-order valence-corrected chi connectivity index (χ2v) is 6.02. The molecule has 0 atom stereocenters. The first-order chi connectivity index (χ1) is 9.85. The number of benzene rings is 2. The fourth-order valence-electron chi connectivity index (χ4n) is 2.10. The summed E-state index contributed by atoms with van der Waals surface area (Å²) >= 11 is 0. The van der Waals surface area contributed by atoms with Gasteiger partial charge in [-0.15, -0.1) is 0 Å². The van der Waals surface area contributed by atoms with Crippen molar-refractivity contribution in [1.82, 2.24) is 0 Å². The molecule has 0 saturated carbocycles. The van der Waals surface area contributed by atoms with Gasteiger partial charge in [-0.2, -0.15) is 0 Å². The lowest BCUT2D eigenvalue weighted by Gasteiger charge is -2.20. The van der Waals surface area contributed by atoms with Crippen LogP contribution in [0.2, 0.25) is 0 Å². The maximum Gasteiger partial charge on any atom is 0.412 e. The van der Waals surface area contributed by atoms with Gasteiger partial charge in [-0.3, -0.25) is 5.32 Å². The maximum absolute atomic E-state index is 11.8. The van der Waals surface area contributed by atoms with E-state index >= 15 is 0 Å². The Hall–Kier alpha value is -2.29. The van der Waals surface area contributed by atoms with E-state index in [0.717, 1.165) is 16.8 Å². The van der Waals surface area contributed by atoms with Crippen molar-refractivity contribution in [1.29, 1.82) is 0 Å². The highest BCUT2D eigenvalue weighted by atomic mass is 16.6. The molecule has 2 rings (SSSR count). The molecule has 0 aliphatic heterocycles. The van der Waals surface area contributed by atoms with Gasteiger partial charge >= 0.3 is 6.09 Å². The number of carbonyl (C=O) groups excluding carboxylic acids is 1. The van der Waals surface area contributed by atoms with Crippen LogP contribution in [0.5, 0.6) is 0 Å². The van der Waals surface area contributed by atoms with Crippen LogP contribution in [0, 0.1) is 6.92 Å². The number of hydrogen-bond acceptors (Lipinski definition) is 2. The molecule has 21 heavy (non-hydrogen) atoms. The smallest absolute Gasteiger partial charge is 0.412 e. The van der Waals surface area contributed by atoms with Crippen LogP contribution in [-0.2, 0) is 4.74 Å². The third kappa shape index (κ3) is 4.35. The van der Waals surface area contributed by atoms with Gasteiger partial charge in [-0.05, 0) is 56.5 Å². The third-order valence-corrected chi connectivity index (χ3v) is 2.96. The minimum absolute atomic E-state index is 0.436. The van der Waals surface area contributed by atoms with Gasteiger partial charge < -0.3 is 4.74 Å². The molecule has 0 spiro atoms. The number of rotatable bonds is 2. The summed E-state index contributed by atoms with van der Waals surface area (Å²) in [6, 6.07) is 16.0. The minimum Gasteiger partial charge on any atom is -0.444 e. The van der Waals surface area contributed by atoms with Crippen LogP contribution < -0.4 is 5.32 Å². The fraction of sp³-hybridized carbons (Fsp3) is 0.278. The molecule has 2 aromatic carbocycles. The molecule has 0 bridgehead atoms. The second-order valence-electron chi connectivity index (χ2n) is 6.02. The van der Waals surface area contributed by atoms with Gasteiger partial charge in [0.25, 0.3) is 0 Å². The average molecular weight is 283 g/mol. The molecule has 0 fully saturated rings. The fourth-order valence-corrected chi connectivity index (χ4v) is 2.10. The van der Waals surface area contributed by atoms with Crippen LogP contribution in [0.15, 0.2) is 48.5 Å². The van der Waals surface area contributed by atoms with Gasteiger partial charge in [-0.1, -0.05) is 36.4 Å². The third-order valence-electron chi connectivity index (χ3n) is 2.96. The van der Waals surface area contributed by atoms with Crippen LogP contribution in [0.1, 0.15) is 26.3 Å². The molecule has 0 saturated heterocycles. The summed E-state index contributed by atoms with van der Waals surface area (Å²) in [5.41, 5.74) is 3.67. The minimum atomic E-state index is -0.497. The van der Waals surface area contributed by atoms with Gasteiger partial charge in [0.15, 0.2) is 0 Å². The van der Waals surface area contributed by atoms with Gasteiger partial charge in [0.05, 0.1) is 0 Å². The Morgan fingerprint density at radius 2 is 1.71 bits per heavy atom. The molecule has 1 N–H and O–H groups in total. The van der Waals surface area contributed by atoms with E-state index in [4.69, 9.17) is 4.74 Å². The highest BCUT2D eigenvalue weighted by Crippen LogP contribution is 2.25. The van der Waals surface area contributed by atoms with Crippen molar-refractivity contribution >= 4 is 11.8 Å². The number of carbonyl (C=O) groups is 1. The Kier molecular flexibility index (Phi) is 4.32. The zero-order valence-electron chi connectivity index (χ0n) is 12.9. The monoisotopic (exact) mass is 283 g/mol. The standard InChI is InChI=1S/C18H21NO2/c1-13-12-15(19-17(20)21-18(2,3)4)10-11-16(13)14-8-6-5-7-9-14/h5-12H,1-4H3,(H,19,20). The van der Waals surface area contributed by atoms with Crippen molar-refractivity contribution in [3.8, 4) is 11.1 Å². The maximum atomic E-state index is 11.8. The second kappa shape index (κ2) is 6.00. The molecule has 0 aliphatic carbocycles. The van der Waals surface area contributed by atoms with Crippen LogP contribution in [0.25, 0.3) is 11.1 Å². The van der Waals surface area contributed by atoms with Gasteiger partial charge in [-0.25, -0.2) is 4.79 Å². The normalized spacial score (nSPS) is 11.0. The van der Waals surface area contributed by atoms with E-state index in [1.54, 1.807) is 0 Å². The van der Waals surface area contributed by atoms with Gasteiger partial charge in [0.1, 0.15) is 5.60 Å². The van der Waals surface area contributed by atoms with E-state index in [-0.39, 0.29) is 0 Å². The van der Waals surface area contributed by atoms with Crippen LogP contribution in [0.3, 0.4) is 0 Å². The van der Waals surface area contributed by atoms with E-state index in [2.05, 4.69) is 17.4 Å². The van der Waals surface area contributed by atoms with Crippen molar-refractivity contribution in [2.45, 2.75) is 33.3 Å². The number of amides is 1. The van der Waals surface area contributed by atoms with Crippen molar-refractivity contribution in [2.75, 3.05) is 5.32 Å². The zero-order valence-corrected chi connectivity index (χ0v) is 12.9. The highest BCUT2D eigenvalue weighted by Gasteiger charge is 2.16. The Morgan fingerprint density at radius 3 is 2.29 bits per heavy atom. The molecule has 2 aromatic rings. The summed E-state index contributed by atoms with van der Waals surface area (Å²) in [6.07, 6.45) is -0.436. The van der Waals surface area contributed by atoms with Gasteiger partial charge in [0, 0.05) is 5.69 Å². The van der Waals surface area contributed by atoms with E-state index in [1.165, 1.54) is 5.56 Å². The van der Waals surface area contributed by atoms with E-state index in [0.29, 0.717) is 0 Å². The molecule has 0 aliphatic rings. The molecule has 0 aromatic heterocycles. The Morgan fingerprint density at radius 1 is 1.05 bits per heavy atom. The van der Waals surface area contributed by atoms with Crippen LogP contribution in [0.4, 0.5) is 10.5 Å². The summed E-state index contributed by atoms with van der Waals surface area (Å²) in [5.74, 6) is 0. The summed E-state index contributed by atoms with van der Waals surface area (Å²) in [7, 11) is 0. The number of anilines is 1. The SMILES string of the molecule is Cc1cc(NC(=O)OC(C)(C)C)ccc1-c1ccccc1. The van der Waals surface area contributed by atoms with Crippen molar-refractivity contribution in [3.05, 3.63) is 54.1 Å². The number of nitrogens with one attached hydrogen (secondary N) is 1. The lowest BCUT2D eigenvalue weighted by atomic mass is 10.0. The van der Waals surface area contributed by atoms with Crippen molar-refractivity contribution < 1.29 is 9.53 Å². The first-order valence-electron chi connectivity index (χ1n) is 7.01. The van der Waals surface area contributed by atoms with Gasteiger partial charge in [0.2, 0.25) is 0 Å². The number of ether oxygens (including phenoxy) is 1. The predicted octanol–water partition coefficient (Wildman–Crippen LogP) is 5.01. The highest BCUT2D eigenvalue weighted by molar-refractivity contribution is 5.86. The van der Waals surface area contributed by atoms with Crippen molar-refractivity contribution in [3.63, 3.8) is 0 Å². The summed E-state index contributed by atoms with van der Waals surface area (Å²) < 4.78 is 5.25. The number of aryl methyl sites for hydroxylation is 1. The molecule has 0 heterocycles. The first kappa shape index (κ1) is 15.1. The lowest BCUT2D eigenvalue weighted by Crippen LogP contribution is -2.27. The molecule has 0 unspecified atom stereocenters. The van der Waals surface area contributed by atoms with Crippen LogP contribution >= 0.6 is 0 Å². The molecule has 3 nitrogen and oxygen atoms in total. The molecule has 1 amide bonds. The van der Waals surface area contributed by atoms with Crippen molar-refractivity contribution in [2.24, 2.45) is 0 Å². The molecular weight excluding hydrogens is 262 g/mol. The van der Waals surface area contributed by atoms with E-state index in [9.17, 15) is 4.79 Å². The Bertz CT molecular complexity index is 627. The molecule has 3 heteroatoms. The topological polar surface area (TPSA) is 38.3 Å². The lowest BCUT2D eigenvalue weighted by molar-refractivity contribution is 0.0636. The summed E-state index contributed by atoms with van der Waals surface area (Å²) in [4.78, 5) is 11.8. The number of hydrogen-bond donors (Lipinski definition) is 1. The predicted molar refractivity (Wildman–Crippen MR) is 86.5 cm³/mol. The van der Waals surface area contributed by atoms with Crippen LogP contribution in [-0.4, -0.2) is 11.7 Å². The van der Waals surface area contributed by atoms with E-state index < -0.39 is 11.7 Å². The molecule has 0 radical (unpaired) electrons. The molecular formula is C18H21NO2. The van der Waals surface area contributed by atoms with E-state index in [1.807, 2.05) is 64.1 Å². The largest absolute Gasteiger partial charge is 0.444 e. The zero-order chi connectivity index (χ0) is 15.5. The Labute approximate surface area is 126 Å². The molecule has 110 valence electrons. The Balaban J connectivity index is 2.15. The average Bonchev–Trinajstić information content (AvgIpc) is 2.37. The quantitative estimate of drug-likeness (QED) is 0.841. The first-order valence-corrected chi connectivity index (χ1v) is 7.01. The summed E-state index contributed by atoms with van der Waals surface area (Å²) in [6.45, 7) is 7.56.